The van der Waals surface area contributed by atoms with Crippen molar-refractivity contribution in [1.29, 1.82) is 0 Å². The third kappa shape index (κ3) is 55.9. The minimum absolute atomic E-state index is 0.0273. The summed E-state index contributed by atoms with van der Waals surface area (Å²) in [5.74, 6) is -0.598. The minimum Gasteiger partial charge on any atom is -0.456 e. The molecular formula is C66H120N2O7P+. The van der Waals surface area contributed by atoms with Gasteiger partial charge >= 0.3 is 13.8 Å². The van der Waals surface area contributed by atoms with Gasteiger partial charge in [-0.3, -0.25) is 18.6 Å². The number of nitrogens with zero attached hydrogens (tertiary/aromatic N) is 1. The molecule has 9 nitrogen and oxygen atoms in total. The zero-order valence-corrected chi connectivity index (χ0v) is 51.1. The first-order valence-electron chi connectivity index (χ1n) is 31.4. The molecule has 0 aromatic carbocycles. The molecular weight excluding hydrogens is 964 g/mol. The fraction of sp³-hybridized carbons (Fsp3) is 0.758. The standard InChI is InChI=1S/C66H119N2O7P/c1-7-10-13-16-19-22-25-28-30-32-34-36-38-40-43-46-49-52-55-58-65(69)67-63(62-74-76(71,72)73-61-60-68(4,5)6)64(57-54-51-48-45-42-27-24-21-18-15-12-9-3)75-66(70)59-56-53-50-47-44-41-39-37-35-33-31-29-26-23-20-17-14-11-8-2/h11,14,20,23,29,31,35,37,41,44,50,53-54,57,63-64H,7-10,12-13,15-19,21-22,24-28,30,32-34,36,38-40,42-43,45-49,51-52,55-56,58-62H2,1-6H3,(H-,67,69,71,72)/p+1/b14-11-,23-20-,31-29-,37-35-,44-41-,53-50-,57-54+. The van der Waals surface area contributed by atoms with Crippen LogP contribution in [0.2, 0.25) is 0 Å². The number of esters is 1. The summed E-state index contributed by atoms with van der Waals surface area (Å²) in [6.07, 6.45) is 73.1. The Balaban J connectivity index is 5.34. The molecule has 0 aliphatic carbocycles. The Kier molecular flexibility index (Phi) is 53.5. The van der Waals surface area contributed by atoms with E-state index in [1.807, 2.05) is 39.4 Å². The molecule has 10 heteroatoms. The Labute approximate surface area is 469 Å². The molecule has 3 atom stereocenters. The van der Waals surface area contributed by atoms with Crippen LogP contribution >= 0.6 is 7.82 Å². The highest BCUT2D eigenvalue weighted by molar-refractivity contribution is 7.47. The van der Waals surface area contributed by atoms with Gasteiger partial charge in [0, 0.05) is 12.8 Å². The fourth-order valence-electron chi connectivity index (χ4n) is 8.79. The van der Waals surface area contributed by atoms with Crippen LogP contribution < -0.4 is 5.32 Å². The highest BCUT2D eigenvalue weighted by Crippen LogP contribution is 2.43. The van der Waals surface area contributed by atoms with Crippen molar-refractivity contribution in [2.75, 3.05) is 40.9 Å². The Morgan fingerprint density at radius 1 is 0.474 bits per heavy atom. The van der Waals surface area contributed by atoms with E-state index in [0.717, 1.165) is 77.0 Å². The van der Waals surface area contributed by atoms with Crippen LogP contribution in [0.1, 0.15) is 271 Å². The number of phosphoric acid groups is 1. The summed E-state index contributed by atoms with van der Waals surface area (Å²) < 4.78 is 30.6. The molecule has 0 saturated carbocycles. The van der Waals surface area contributed by atoms with Crippen LogP contribution in [0.25, 0.3) is 0 Å². The zero-order chi connectivity index (χ0) is 55.7. The van der Waals surface area contributed by atoms with E-state index >= 15 is 0 Å². The molecule has 0 radical (unpaired) electrons. The number of hydrogen-bond acceptors (Lipinski definition) is 6. The average Bonchev–Trinajstić information content (AvgIpc) is 3.38. The van der Waals surface area contributed by atoms with Crippen LogP contribution in [0.3, 0.4) is 0 Å². The van der Waals surface area contributed by atoms with Crippen molar-refractivity contribution in [3.63, 3.8) is 0 Å². The number of rotatable bonds is 56. The van der Waals surface area contributed by atoms with Crippen molar-refractivity contribution in [1.82, 2.24) is 5.32 Å². The number of unbranched alkanes of at least 4 members (excludes halogenated alkanes) is 28. The van der Waals surface area contributed by atoms with Crippen LogP contribution in [0.15, 0.2) is 85.1 Å². The third-order valence-electron chi connectivity index (χ3n) is 13.6. The minimum atomic E-state index is -4.47. The number of phosphoric ester groups is 1. The maximum atomic E-state index is 13.5. The van der Waals surface area contributed by atoms with Gasteiger partial charge < -0.3 is 19.4 Å². The lowest BCUT2D eigenvalue weighted by Crippen LogP contribution is -2.47. The number of ether oxygens (including phenoxy) is 1. The number of hydrogen-bond donors (Lipinski definition) is 2. The Morgan fingerprint density at radius 3 is 1.26 bits per heavy atom. The van der Waals surface area contributed by atoms with E-state index in [2.05, 4.69) is 92.9 Å². The predicted octanol–water partition coefficient (Wildman–Crippen LogP) is 19.4. The second kappa shape index (κ2) is 55.5. The second-order valence-corrected chi connectivity index (χ2v) is 23.7. The van der Waals surface area contributed by atoms with E-state index in [1.54, 1.807) is 0 Å². The monoisotopic (exact) mass is 1080 g/mol. The van der Waals surface area contributed by atoms with E-state index in [1.165, 1.54) is 154 Å². The van der Waals surface area contributed by atoms with Crippen LogP contribution in [0.4, 0.5) is 0 Å². The number of carbonyl (C=O) groups excluding carboxylic acids is 2. The molecule has 0 aromatic rings. The molecule has 0 aliphatic heterocycles. The number of nitrogens with one attached hydrogen (secondary N) is 1. The van der Waals surface area contributed by atoms with Gasteiger partial charge in [-0.1, -0.05) is 273 Å². The van der Waals surface area contributed by atoms with Gasteiger partial charge in [0.15, 0.2) is 0 Å². The molecule has 2 N–H and O–H groups in total. The average molecular weight is 1080 g/mol. The molecule has 0 rings (SSSR count). The number of amides is 1. The summed E-state index contributed by atoms with van der Waals surface area (Å²) in [7, 11) is 1.46. The second-order valence-electron chi connectivity index (χ2n) is 22.2. The van der Waals surface area contributed by atoms with Crippen LogP contribution in [0, 0.1) is 0 Å². The van der Waals surface area contributed by atoms with Crippen molar-refractivity contribution >= 4 is 19.7 Å². The lowest BCUT2D eigenvalue weighted by Gasteiger charge is -2.27. The van der Waals surface area contributed by atoms with Crippen molar-refractivity contribution < 1.29 is 37.3 Å². The smallest absolute Gasteiger partial charge is 0.456 e. The summed E-state index contributed by atoms with van der Waals surface area (Å²) in [5, 5.41) is 3.04. The molecule has 76 heavy (non-hydrogen) atoms. The predicted molar refractivity (Wildman–Crippen MR) is 328 cm³/mol. The largest absolute Gasteiger partial charge is 0.472 e. The Hall–Kier alpha value is -2.81. The van der Waals surface area contributed by atoms with Crippen LogP contribution in [-0.4, -0.2) is 74.3 Å². The fourth-order valence-corrected chi connectivity index (χ4v) is 9.53. The third-order valence-corrected chi connectivity index (χ3v) is 14.6. The summed E-state index contributed by atoms with van der Waals surface area (Å²) in [4.78, 5) is 37.7. The molecule has 3 unspecified atom stereocenters. The van der Waals surface area contributed by atoms with Gasteiger partial charge in [-0.25, -0.2) is 4.57 Å². The molecule has 0 aliphatic rings. The molecule has 0 saturated heterocycles. The first-order valence-corrected chi connectivity index (χ1v) is 32.9. The zero-order valence-electron chi connectivity index (χ0n) is 50.2. The van der Waals surface area contributed by atoms with Gasteiger partial charge in [0.1, 0.15) is 19.3 Å². The normalized spacial score (nSPS) is 14.2. The van der Waals surface area contributed by atoms with Gasteiger partial charge in [-0.05, 0) is 70.3 Å². The summed E-state index contributed by atoms with van der Waals surface area (Å²) in [6, 6.07) is -0.880. The summed E-state index contributed by atoms with van der Waals surface area (Å²) in [5.41, 5.74) is 0. The summed E-state index contributed by atoms with van der Waals surface area (Å²) >= 11 is 0. The number of allylic oxidation sites excluding steroid dienone is 13. The Bertz CT molecular complexity index is 1580. The maximum absolute atomic E-state index is 13.5. The van der Waals surface area contributed by atoms with Gasteiger partial charge in [-0.15, -0.1) is 0 Å². The molecule has 0 aromatic heterocycles. The molecule has 0 spiro atoms. The highest BCUT2D eigenvalue weighted by Gasteiger charge is 2.30. The van der Waals surface area contributed by atoms with Crippen molar-refractivity contribution in [2.45, 2.75) is 283 Å². The lowest BCUT2D eigenvalue weighted by atomic mass is 10.0. The first-order chi connectivity index (χ1) is 36.9. The van der Waals surface area contributed by atoms with Crippen molar-refractivity contribution in [2.24, 2.45) is 0 Å². The van der Waals surface area contributed by atoms with E-state index in [4.69, 9.17) is 13.8 Å². The topological polar surface area (TPSA) is 111 Å². The van der Waals surface area contributed by atoms with E-state index in [0.29, 0.717) is 23.9 Å². The van der Waals surface area contributed by atoms with E-state index in [9.17, 15) is 19.0 Å². The van der Waals surface area contributed by atoms with Gasteiger partial charge in [-0.2, -0.15) is 0 Å². The molecule has 0 bridgehead atoms. The van der Waals surface area contributed by atoms with Crippen molar-refractivity contribution in [3.8, 4) is 0 Å². The molecule has 0 fully saturated rings. The van der Waals surface area contributed by atoms with Crippen LogP contribution in [0.5, 0.6) is 0 Å². The van der Waals surface area contributed by atoms with Gasteiger partial charge in [0.2, 0.25) is 5.91 Å². The van der Waals surface area contributed by atoms with Crippen molar-refractivity contribution in [3.05, 3.63) is 85.1 Å². The number of likely N-dealkylation sites (N-methyl/N-ethyl adjacent to an activating group) is 1. The number of quaternary nitrogens is 1. The number of carbonyl (C=O) groups is 2. The Morgan fingerprint density at radius 2 is 0.855 bits per heavy atom. The SMILES string of the molecule is CC/C=C\C/C=C\C/C=C\C/C=C\C/C=C\C/C=C\CCC(=O)OC(/C=C/CCCCCCCCCCCC)C(COP(=O)(O)OCC[N+](C)(C)C)NC(=O)CCCCCCCCCCCCCCCCCCCCC. The molecule has 1 amide bonds. The van der Waals surface area contributed by atoms with E-state index < -0.39 is 25.9 Å². The van der Waals surface area contributed by atoms with Gasteiger partial charge in [0.05, 0.1) is 33.8 Å². The van der Waals surface area contributed by atoms with E-state index in [-0.39, 0.29) is 25.5 Å². The quantitative estimate of drug-likeness (QED) is 0.0205. The maximum Gasteiger partial charge on any atom is 0.472 e. The molecule has 440 valence electrons. The highest BCUT2D eigenvalue weighted by atomic mass is 31.2. The molecule has 0 heterocycles. The summed E-state index contributed by atoms with van der Waals surface area (Å²) in [6.45, 7) is 6.86. The van der Waals surface area contributed by atoms with Gasteiger partial charge in [0.25, 0.3) is 0 Å². The first kappa shape index (κ1) is 73.2. The lowest BCUT2D eigenvalue weighted by molar-refractivity contribution is -0.870. The van der Waals surface area contributed by atoms with Crippen LogP contribution in [-0.2, 0) is 27.9 Å².